The van der Waals surface area contributed by atoms with Gasteiger partial charge in [0.1, 0.15) is 10.9 Å². The van der Waals surface area contributed by atoms with Gasteiger partial charge >= 0.3 is 18.5 Å². The Kier molecular flexibility index (Phi) is 6.00. The Morgan fingerprint density at radius 2 is 1.94 bits per heavy atom. The molecular formula is C21H20ClF3N4O4. The van der Waals surface area contributed by atoms with E-state index in [2.05, 4.69) is 15.0 Å². The highest BCUT2D eigenvalue weighted by molar-refractivity contribution is 6.29. The summed E-state index contributed by atoms with van der Waals surface area (Å²) in [7, 11) is 0. The highest BCUT2D eigenvalue weighted by Crippen LogP contribution is 2.48. The quantitative estimate of drug-likeness (QED) is 0.631. The van der Waals surface area contributed by atoms with Crippen molar-refractivity contribution in [3.8, 4) is 5.75 Å². The molecule has 2 N–H and O–H groups in total. The number of urea groups is 1. The number of carboxylic acid groups (broad SMARTS) is 1. The normalized spacial score (nSPS) is 17.1. The Hall–Kier alpha value is -3.21. The maximum atomic E-state index is 13.0. The summed E-state index contributed by atoms with van der Waals surface area (Å²) in [6, 6.07) is 6.79. The van der Waals surface area contributed by atoms with E-state index in [1.165, 1.54) is 34.2 Å². The van der Waals surface area contributed by atoms with Crippen molar-refractivity contribution in [2.45, 2.75) is 31.2 Å². The van der Waals surface area contributed by atoms with E-state index >= 15 is 0 Å². The zero-order chi connectivity index (χ0) is 23.8. The number of anilines is 1. The second-order valence-electron chi connectivity index (χ2n) is 8.01. The lowest BCUT2D eigenvalue weighted by atomic mass is 9.74. The van der Waals surface area contributed by atoms with E-state index in [0.29, 0.717) is 24.1 Å². The molecule has 1 saturated heterocycles. The van der Waals surface area contributed by atoms with Crippen molar-refractivity contribution in [3.05, 3.63) is 52.8 Å². The fourth-order valence-corrected chi connectivity index (χ4v) is 4.60. The predicted octanol–water partition coefficient (Wildman–Crippen LogP) is 4.38. The number of fused-ring (bicyclic) bond motifs is 2. The topological polar surface area (TPSA) is 95.0 Å². The number of pyridine rings is 1. The molecule has 3 amide bonds. The SMILES string of the molecule is O=C(O)N1CCC2(CC1)CN(C(=O)NCc1ccnc(Cl)c1)c1ccc(OC(F)(F)F)cc12. The fraction of sp³-hybridized carbons (Fsp3) is 0.381. The van der Waals surface area contributed by atoms with Gasteiger partial charge in [0, 0.05) is 43.5 Å². The predicted molar refractivity (Wildman–Crippen MR) is 112 cm³/mol. The van der Waals surface area contributed by atoms with E-state index in [4.69, 9.17) is 11.6 Å². The lowest BCUT2D eigenvalue weighted by molar-refractivity contribution is -0.274. The summed E-state index contributed by atoms with van der Waals surface area (Å²) >= 11 is 5.87. The molecule has 1 fully saturated rings. The lowest BCUT2D eigenvalue weighted by Gasteiger charge is -2.38. The van der Waals surface area contributed by atoms with Crippen molar-refractivity contribution in [1.29, 1.82) is 0 Å². The fourth-order valence-electron chi connectivity index (χ4n) is 4.41. The maximum absolute atomic E-state index is 13.0. The van der Waals surface area contributed by atoms with Crippen molar-refractivity contribution < 1.29 is 32.6 Å². The molecule has 1 aromatic carbocycles. The molecule has 8 nitrogen and oxygen atoms in total. The van der Waals surface area contributed by atoms with Gasteiger partial charge in [0.15, 0.2) is 0 Å². The van der Waals surface area contributed by atoms with E-state index in [-0.39, 0.29) is 37.1 Å². The number of aromatic nitrogens is 1. The number of likely N-dealkylation sites (tertiary alicyclic amines) is 1. The molecule has 1 spiro atoms. The summed E-state index contributed by atoms with van der Waals surface area (Å²) < 4.78 is 42.4. The molecule has 1 aromatic heterocycles. The Labute approximate surface area is 191 Å². The zero-order valence-corrected chi connectivity index (χ0v) is 18.0. The van der Waals surface area contributed by atoms with E-state index in [0.717, 1.165) is 5.56 Å². The number of nitrogens with zero attached hydrogens (tertiary/aromatic N) is 3. The largest absolute Gasteiger partial charge is 0.573 e. The number of hydrogen-bond acceptors (Lipinski definition) is 4. The van der Waals surface area contributed by atoms with Crippen LogP contribution in [-0.4, -0.2) is 53.1 Å². The minimum absolute atomic E-state index is 0.183. The second kappa shape index (κ2) is 8.62. The number of hydrogen-bond donors (Lipinski definition) is 2. The first-order valence-corrected chi connectivity index (χ1v) is 10.5. The number of rotatable bonds is 3. The Morgan fingerprint density at radius 3 is 2.58 bits per heavy atom. The molecule has 2 aliphatic heterocycles. The van der Waals surface area contributed by atoms with Gasteiger partial charge in [-0.25, -0.2) is 14.6 Å². The van der Waals surface area contributed by atoms with Gasteiger partial charge < -0.3 is 20.1 Å². The second-order valence-corrected chi connectivity index (χ2v) is 8.40. The standard InChI is InChI=1S/C21H20ClF3N4O4/c22-17-9-13(3-6-26-17)11-27-18(30)29-12-20(4-7-28(8-5-20)19(31)32)15-10-14(1-2-16(15)29)33-21(23,24)25/h1-3,6,9-10H,4-5,7-8,11-12H2,(H,27,30)(H,31,32). The number of nitrogens with one attached hydrogen (secondary N) is 1. The first kappa shape index (κ1) is 23.0. The van der Waals surface area contributed by atoms with Crippen molar-refractivity contribution in [2.75, 3.05) is 24.5 Å². The van der Waals surface area contributed by atoms with Gasteiger partial charge in [-0.2, -0.15) is 0 Å². The van der Waals surface area contributed by atoms with Crippen LogP contribution in [0.3, 0.4) is 0 Å². The summed E-state index contributed by atoms with van der Waals surface area (Å²) in [6.07, 6.45) is -3.66. The van der Waals surface area contributed by atoms with Crippen molar-refractivity contribution in [3.63, 3.8) is 0 Å². The molecule has 0 unspecified atom stereocenters. The van der Waals surface area contributed by atoms with E-state index in [1.807, 2.05) is 0 Å². The summed E-state index contributed by atoms with van der Waals surface area (Å²) in [6.45, 7) is 0.824. The van der Waals surface area contributed by atoms with Crippen molar-refractivity contribution in [2.24, 2.45) is 0 Å². The molecule has 0 atom stereocenters. The van der Waals surface area contributed by atoms with Gasteiger partial charge in [-0.05, 0) is 54.3 Å². The highest BCUT2D eigenvalue weighted by atomic mass is 35.5. The van der Waals surface area contributed by atoms with Crippen molar-refractivity contribution >= 4 is 29.4 Å². The van der Waals surface area contributed by atoms with Crippen LogP contribution in [0.15, 0.2) is 36.5 Å². The number of halogens is 4. The Balaban J connectivity index is 1.59. The van der Waals surface area contributed by atoms with Gasteiger partial charge in [0.05, 0.1) is 0 Å². The summed E-state index contributed by atoms with van der Waals surface area (Å²) in [5.74, 6) is -0.380. The summed E-state index contributed by atoms with van der Waals surface area (Å²) in [4.78, 5) is 31.0. The third-order valence-electron chi connectivity index (χ3n) is 6.00. The molecule has 2 aromatic rings. The Bertz CT molecular complexity index is 1070. The maximum Gasteiger partial charge on any atom is 0.573 e. The Morgan fingerprint density at radius 1 is 1.21 bits per heavy atom. The minimum Gasteiger partial charge on any atom is -0.465 e. The number of ether oxygens (including phenoxy) is 1. The van der Waals surface area contributed by atoms with E-state index in [9.17, 15) is 27.9 Å². The number of carbonyl (C=O) groups is 2. The molecular weight excluding hydrogens is 465 g/mol. The third-order valence-corrected chi connectivity index (χ3v) is 6.20. The van der Waals surface area contributed by atoms with Gasteiger partial charge in [-0.15, -0.1) is 13.2 Å². The summed E-state index contributed by atoms with van der Waals surface area (Å²) in [5, 5.41) is 12.3. The molecule has 0 aliphatic carbocycles. The first-order valence-electron chi connectivity index (χ1n) is 10.1. The summed E-state index contributed by atoms with van der Waals surface area (Å²) in [5.41, 5.74) is 1.07. The van der Waals surface area contributed by atoms with Crippen LogP contribution in [0.1, 0.15) is 24.0 Å². The van der Waals surface area contributed by atoms with Crippen LogP contribution in [0.2, 0.25) is 5.15 Å². The van der Waals surface area contributed by atoms with Gasteiger partial charge in [0.2, 0.25) is 0 Å². The molecule has 12 heteroatoms. The number of benzene rings is 1. The molecule has 176 valence electrons. The van der Waals surface area contributed by atoms with Crippen LogP contribution in [-0.2, 0) is 12.0 Å². The van der Waals surface area contributed by atoms with Crippen LogP contribution in [0, 0.1) is 0 Å². The number of piperidine rings is 1. The van der Waals surface area contributed by atoms with Crippen LogP contribution in [0.5, 0.6) is 5.75 Å². The smallest absolute Gasteiger partial charge is 0.465 e. The average molecular weight is 485 g/mol. The van der Waals surface area contributed by atoms with Gasteiger partial charge in [0.25, 0.3) is 0 Å². The molecule has 4 rings (SSSR count). The molecule has 2 aliphatic rings. The molecule has 0 bridgehead atoms. The number of alkyl halides is 3. The van der Waals surface area contributed by atoms with Crippen molar-refractivity contribution in [1.82, 2.24) is 15.2 Å². The molecule has 0 radical (unpaired) electrons. The van der Waals surface area contributed by atoms with E-state index < -0.39 is 23.9 Å². The molecule has 33 heavy (non-hydrogen) atoms. The monoisotopic (exact) mass is 484 g/mol. The first-order chi connectivity index (χ1) is 15.6. The van der Waals surface area contributed by atoms with Crippen LogP contribution in [0.4, 0.5) is 28.4 Å². The molecule has 0 saturated carbocycles. The van der Waals surface area contributed by atoms with Crippen LogP contribution < -0.4 is 15.0 Å². The third kappa shape index (κ3) is 4.92. The number of carbonyl (C=O) groups excluding carboxylic acids is 1. The molecule has 3 heterocycles. The van der Waals surface area contributed by atoms with Crippen LogP contribution in [0.25, 0.3) is 0 Å². The number of amides is 3. The minimum atomic E-state index is -4.85. The van der Waals surface area contributed by atoms with Gasteiger partial charge in [-0.1, -0.05) is 11.6 Å². The van der Waals surface area contributed by atoms with Gasteiger partial charge in [-0.3, -0.25) is 4.90 Å². The van der Waals surface area contributed by atoms with E-state index in [1.54, 1.807) is 12.1 Å². The average Bonchev–Trinajstić information content (AvgIpc) is 3.05. The highest BCUT2D eigenvalue weighted by Gasteiger charge is 2.47. The lowest BCUT2D eigenvalue weighted by Crippen LogP contribution is -2.48. The van der Waals surface area contributed by atoms with Crippen LogP contribution >= 0.6 is 11.6 Å². The zero-order valence-electron chi connectivity index (χ0n) is 17.2.